The van der Waals surface area contributed by atoms with Crippen LogP contribution in [0.2, 0.25) is 0 Å². The summed E-state index contributed by atoms with van der Waals surface area (Å²) in [6.07, 6.45) is 0. The first-order valence-electron chi connectivity index (χ1n) is 6.11. The Morgan fingerprint density at radius 3 is 2.61 bits per heavy atom. The molecule has 0 aliphatic rings. The third kappa shape index (κ3) is 2.31. The van der Waals surface area contributed by atoms with Crippen molar-refractivity contribution in [3.8, 4) is 0 Å². The molecule has 0 aliphatic carbocycles. The Labute approximate surface area is 108 Å². The molecule has 0 unspecified atom stereocenters. The molecule has 2 aromatic rings. The summed E-state index contributed by atoms with van der Waals surface area (Å²) >= 11 is 0. The molecular formula is C15H20N2O. The number of methoxy groups -OCH3 is 1. The Morgan fingerprint density at radius 1 is 1.28 bits per heavy atom. The average Bonchev–Trinajstić information content (AvgIpc) is 2.29. The highest BCUT2D eigenvalue weighted by Gasteiger charge is 2.18. The van der Waals surface area contributed by atoms with Crippen molar-refractivity contribution in [3.05, 3.63) is 35.5 Å². The van der Waals surface area contributed by atoms with Crippen molar-refractivity contribution in [1.29, 1.82) is 0 Å². The molecule has 0 aliphatic heterocycles. The number of nitrogens with two attached hydrogens (primary N) is 1. The van der Waals surface area contributed by atoms with Gasteiger partial charge in [-0.25, -0.2) is 0 Å². The van der Waals surface area contributed by atoms with E-state index in [1.807, 2.05) is 24.3 Å². The molecule has 0 amide bonds. The number of rotatable bonds is 2. The van der Waals surface area contributed by atoms with Crippen LogP contribution in [0.3, 0.4) is 0 Å². The summed E-state index contributed by atoms with van der Waals surface area (Å²) in [6, 6.07) is 8.00. The molecule has 3 heteroatoms. The summed E-state index contributed by atoms with van der Waals surface area (Å²) in [6.45, 7) is 6.97. The molecule has 0 fully saturated rings. The maximum atomic E-state index is 6.14. The maximum absolute atomic E-state index is 6.14. The molecule has 1 heterocycles. The van der Waals surface area contributed by atoms with Gasteiger partial charge in [-0.2, -0.15) is 0 Å². The highest BCUT2D eigenvalue weighted by Crippen LogP contribution is 2.29. The minimum atomic E-state index is -0.0114. The minimum absolute atomic E-state index is 0.0114. The van der Waals surface area contributed by atoms with Crippen molar-refractivity contribution in [1.82, 2.24) is 4.98 Å². The van der Waals surface area contributed by atoms with Gasteiger partial charge in [0, 0.05) is 34.9 Å². The van der Waals surface area contributed by atoms with E-state index < -0.39 is 0 Å². The predicted octanol–water partition coefficient (Wildman–Crippen LogP) is 3.26. The van der Waals surface area contributed by atoms with E-state index in [9.17, 15) is 0 Å². The number of anilines is 1. The summed E-state index contributed by atoms with van der Waals surface area (Å²) in [5.74, 6) is 0. The molecule has 0 radical (unpaired) electrons. The van der Waals surface area contributed by atoms with E-state index in [-0.39, 0.29) is 5.41 Å². The summed E-state index contributed by atoms with van der Waals surface area (Å²) in [7, 11) is 1.69. The van der Waals surface area contributed by atoms with Crippen molar-refractivity contribution in [2.75, 3.05) is 12.8 Å². The van der Waals surface area contributed by atoms with Crippen molar-refractivity contribution in [2.24, 2.45) is 0 Å². The smallest absolute Gasteiger partial charge is 0.0781 e. The van der Waals surface area contributed by atoms with Crippen LogP contribution in [0.1, 0.15) is 32.0 Å². The van der Waals surface area contributed by atoms with E-state index in [4.69, 9.17) is 15.5 Å². The fraction of sp³-hybridized carbons (Fsp3) is 0.400. The van der Waals surface area contributed by atoms with Crippen LogP contribution in [-0.2, 0) is 16.8 Å². The molecule has 18 heavy (non-hydrogen) atoms. The van der Waals surface area contributed by atoms with Crippen molar-refractivity contribution >= 4 is 16.6 Å². The second kappa shape index (κ2) is 4.58. The Bertz CT molecular complexity index is 570. The molecular weight excluding hydrogens is 224 g/mol. The molecule has 2 N–H and O–H groups in total. The number of para-hydroxylation sites is 1. The van der Waals surface area contributed by atoms with E-state index in [1.165, 1.54) is 0 Å². The molecule has 1 aromatic carbocycles. The standard InChI is InChI=1S/C15H20N2O/c1-15(2,3)13-8-12(16)11-7-5-6-10(9-18-4)14(11)17-13/h5-8H,9H2,1-4H3,(H2,16,17). The molecule has 0 bridgehead atoms. The molecule has 3 nitrogen and oxygen atoms in total. The van der Waals surface area contributed by atoms with Gasteiger partial charge in [-0.15, -0.1) is 0 Å². The van der Waals surface area contributed by atoms with Gasteiger partial charge in [0.05, 0.1) is 12.1 Å². The lowest BCUT2D eigenvalue weighted by molar-refractivity contribution is 0.186. The number of nitrogen functional groups attached to an aromatic ring is 1. The zero-order chi connectivity index (χ0) is 13.3. The Hall–Kier alpha value is -1.61. The van der Waals surface area contributed by atoms with Gasteiger partial charge in [0.1, 0.15) is 0 Å². The number of fused-ring (bicyclic) bond motifs is 1. The summed E-state index contributed by atoms with van der Waals surface area (Å²) in [5.41, 5.74) is 9.94. The third-order valence-electron chi connectivity index (χ3n) is 3.02. The SMILES string of the molecule is COCc1cccc2c(N)cc(C(C)(C)C)nc12. The second-order valence-electron chi connectivity index (χ2n) is 5.59. The Morgan fingerprint density at radius 2 is 2.00 bits per heavy atom. The van der Waals surface area contributed by atoms with Crippen LogP contribution < -0.4 is 5.73 Å². The second-order valence-corrected chi connectivity index (χ2v) is 5.59. The lowest BCUT2D eigenvalue weighted by Crippen LogP contribution is -2.14. The number of pyridine rings is 1. The van der Waals surface area contributed by atoms with Gasteiger partial charge < -0.3 is 10.5 Å². The van der Waals surface area contributed by atoms with Crippen molar-refractivity contribution < 1.29 is 4.74 Å². The summed E-state index contributed by atoms with van der Waals surface area (Å²) < 4.78 is 5.22. The van der Waals surface area contributed by atoms with Gasteiger partial charge in [-0.3, -0.25) is 4.98 Å². The lowest BCUT2D eigenvalue weighted by atomic mass is 9.90. The van der Waals surface area contributed by atoms with E-state index in [1.54, 1.807) is 7.11 Å². The molecule has 2 rings (SSSR count). The lowest BCUT2D eigenvalue weighted by Gasteiger charge is -2.20. The van der Waals surface area contributed by atoms with Crippen LogP contribution in [-0.4, -0.2) is 12.1 Å². The van der Waals surface area contributed by atoms with E-state index in [0.29, 0.717) is 6.61 Å². The van der Waals surface area contributed by atoms with Crippen molar-refractivity contribution in [3.63, 3.8) is 0 Å². The largest absolute Gasteiger partial charge is 0.398 e. The van der Waals surface area contributed by atoms with Crippen LogP contribution in [0.4, 0.5) is 5.69 Å². The number of nitrogens with zero attached hydrogens (tertiary/aromatic N) is 1. The van der Waals surface area contributed by atoms with Gasteiger partial charge >= 0.3 is 0 Å². The fourth-order valence-electron chi connectivity index (χ4n) is 1.99. The highest BCUT2D eigenvalue weighted by atomic mass is 16.5. The minimum Gasteiger partial charge on any atom is -0.398 e. The summed E-state index contributed by atoms with van der Waals surface area (Å²) in [4.78, 5) is 4.77. The first-order chi connectivity index (χ1) is 8.43. The molecule has 0 saturated heterocycles. The van der Waals surface area contributed by atoms with Crippen LogP contribution in [0.25, 0.3) is 10.9 Å². The zero-order valence-electron chi connectivity index (χ0n) is 11.4. The highest BCUT2D eigenvalue weighted by molar-refractivity contribution is 5.92. The van der Waals surface area contributed by atoms with E-state index in [0.717, 1.165) is 27.8 Å². The molecule has 0 atom stereocenters. The van der Waals surface area contributed by atoms with Crippen LogP contribution in [0.15, 0.2) is 24.3 Å². The predicted molar refractivity (Wildman–Crippen MR) is 75.6 cm³/mol. The van der Waals surface area contributed by atoms with Gasteiger partial charge in [0.25, 0.3) is 0 Å². The quantitative estimate of drug-likeness (QED) is 0.882. The van der Waals surface area contributed by atoms with Gasteiger partial charge in [-0.05, 0) is 6.07 Å². The maximum Gasteiger partial charge on any atom is 0.0781 e. The van der Waals surface area contributed by atoms with Crippen LogP contribution in [0.5, 0.6) is 0 Å². The number of aromatic nitrogens is 1. The zero-order valence-corrected chi connectivity index (χ0v) is 11.4. The average molecular weight is 244 g/mol. The van der Waals surface area contributed by atoms with Crippen molar-refractivity contribution in [2.45, 2.75) is 32.8 Å². The number of hydrogen-bond donors (Lipinski definition) is 1. The molecule has 1 aromatic heterocycles. The fourth-order valence-corrected chi connectivity index (χ4v) is 1.99. The van der Waals surface area contributed by atoms with Gasteiger partial charge in [-0.1, -0.05) is 39.0 Å². The third-order valence-corrected chi connectivity index (χ3v) is 3.02. The number of ether oxygens (including phenoxy) is 1. The first-order valence-corrected chi connectivity index (χ1v) is 6.11. The van der Waals surface area contributed by atoms with Crippen LogP contribution >= 0.6 is 0 Å². The van der Waals surface area contributed by atoms with Gasteiger partial charge in [0.15, 0.2) is 0 Å². The monoisotopic (exact) mass is 244 g/mol. The normalized spacial score (nSPS) is 12.0. The molecule has 0 spiro atoms. The number of benzene rings is 1. The summed E-state index contributed by atoms with van der Waals surface area (Å²) in [5, 5.41) is 0.998. The topological polar surface area (TPSA) is 48.1 Å². The molecule has 0 saturated carbocycles. The molecule has 96 valence electrons. The Balaban J connectivity index is 2.72. The number of hydrogen-bond acceptors (Lipinski definition) is 3. The van der Waals surface area contributed by atoms with Gasteiger partial charge in [0.2, 0.25) is 0 Å². The van der Waals surface area contributed by atoms with E-state index >= 15 is 0 Å². The Kier molecular flexibility index (Phi) is 3.26. The van der Waals surface area contributed by atoms with Crippen LogP contribution in [0, 0.1) is 0 Å². The van der Waals surface area contributed by atoms with E-state index in [2.05, 4.69) is 20.8 Å². The first kappa shape index (κ1) is 12.8.